The molecule has 0 radical (unpaired) electrons. The molecular weight excluding hydrogens is 566 g/mol. The van der Waals surface area contributed by atoms with Crippen molar-refractivity contribution in [3.8, 4) is 0 Å². The van der Waals surface area contributed by atoms with E-state index in [-0.39, 0.29) is 45.2 Å². The first-order chi connectivity index (χ1) is 8.82. The molecule has 0 aromatic rings. The summed E-state index contributed by atoms with van der Waals surface area (Å²) in [5, 5.41) is 0. The average Bonchev–Trinajstić information content (AvgIpc) is 2.23. The summed E-state index contributed by atoms with van der Waals surface area (Å²) in [4.78, 5) is 0. The molecule has 0 nitrogen and oxygen atoms in total. The van der Waals surface area contributed by atoms with Gasteiger partial charge in [0.05, 0.1) is 0 Å². The summed E-state index contributed by atoms with van der Waals surface area (Å²) < 4.78 is 142. The summed E-state index contributed by atoms with van der Waals surface area (Å²) in [5.41, 5.74) is 0. The van der Waals surface area contributed by atoms with E-state index in [4.69, 9.17) is 0 Å². The van der Waals surface area contributed by atoms with E-state index in [9.17, 15) is 52.7 Å². The molecule has 0 rings (SSSR count). The lowest BCUT2D eigenvalue weighted by Crippen LogP contribution is -2.65. The van der Waals surface area contributed by atoms with Crippen LogP contribution in [0.2, 0.25) is 0 Å². The van der Waals surface area contributed by atoms with Crippen LogP contribution in [0.15, 0.2) is 0 Å². The smallest absolute Gasteiger partial charge is 0.198 e. The maximum Gasteiger partial charge on any atom is 0.460 e. The van der Waals surface area contributed by atoms with Gasteiger partial charge in [0.1, 0.15) is 7.85 Å². The van der Waals surface area contributed by atoms with Crippen molar-refractivity contribution < 1.29 is 52.7 Å². The topological polar surface area (TPSA) is 0 Å². The fraction of sp³-hybridized carbons (Fsp3) is 1.00. The minimum atomic E-state index is -7.20. The maximum atomic E-state index is 13.2. The third-order valence-electron chi connectivity index (χ3n) is 2.08. The third kappa shape index (κ3) is 3.76. The zero-order valence-corrected chi connectivity index (χ0v) is 13.3. The number of hydrogen-bond acceptors (Lipinski definition) is 0. The zero-order valence-electron chi connectivity index (χ0n) is 8.95. The lowest BCUT2D eigenvalue weighted by Gasteiger charge is -2.37. The van der Waals surface area contributed by atoms with Crippen molar-refractivity contribution in [2.75, 3.05) is 0 Å². The van der Waals surface area contributed by atoms with Crippen molar-refractivity contribution in [3.63, 3.8) is 0 Å². The molecule has 0 bridgehead atoms. The van der Waals surface area contributed by atoms with Gasteiger partial charge in [0.15, 0.2) is 0 Å². The van der Waals surface area contributed by atoms with Crippen LogP contribution in [0.25, 0.3) is 0 Å². The molecule has 0 aromatic carbocycles. The van der Waals surface area contributed by atoms with Gasteiger partial charge >= 0.3 is 30.1 Å². The van der Waals surface area contributed by atoms with E-state index in [0.717, 1.165) is 0 Å². The highest BCUT2D eigenvalue weighted by Gasteiger charge is 2.83. The van der Waals surface area contributed by atoms with Gasteiger partial charge < -0.3 is 0 Å². The molecule has 2 unspecified atom stereocenters. The summed E-state index contributed by atoms with van der Waals surface area (Å²) >= 11 is 0.287. The third-order valence-corrected chi connectivity index (χ3v) is 6.39. The van der Waals surface area contributed by atoms with Gasteiger partial charge in [-0.15, -0.1) is 0 Å². The molecule has 0 amide bonds. The number of alkyl halides is 14. The Labute approximate surface area is 135 Å². The summed E-state index contributed by atoms with van der Waals surface area (Å²) in [6.45, 7) is 0. The second-order valence-electron chi connectivity index (χ2n) is 3.61. The van der Waals surface area contributed by atoms with Crippen LogP contribution in [0, 0.1) is 0 Å². The monoisotopic (exact) mass is 568 g/mol. The van der Waals surface area contributed by atoms with Crippen LogP contribution in [0.5, 0.6) is 0 Å². The Morgan fingerprint density at radius 2 is 0.857 bits per heavy atom. The Hall–Kier alpha value is 0.620. The highest BCUT2D eigenvalue weighted by Crippen LogP contribution is 2.56. The summed E-state index contributed by atoms with van der Waals surface area (Å²) in [6.07, 6.45) is -12.6. The van der Waals surface area contributed by atoms with Gasteiger partial charge in [-0.05, 0) is 0 Å². The van der Waals surface area contributed by atoms with Crippen LogP contribution in [-0.2, 0) is 0 Å². The zero-order chi connectivity index (χ0) is 17.7. The Morgan fingerprint density at radius 3 is 1.10 bits per heavy atom. The van der Waals surface area contributed by atoms with E-state index in [1.165, 1.54) is 0 Å². The predicted octanol–water partition coefficient (Wildman–Crippen LogP) is 5.62. The minimum absolute atomic E-state index is 0.0708. The van der Waals surface area contributed by atoms with Gasteiger partial charge in [-0.3, -0.25) is 0 Å². The predicted molar refractivity (Wildman–Crippen MR) is 62.6 cm³/mol. The fourth-order valence-electron chi connectivity index (χ4n) is 0.910. The molecule has 0 spiro atoms. The van der Waals surface area contributed by atoms with Crippen molar-refractivity contribution in [3.05, 3.63) is 0 Å². The SMILES string of the molecule is FC(F)(F)C(I)C(I)C(F)(F)C(F)(F)C(F)(F)C(F)(F)F. The van der Waals surface area contributed by atoms with Crippen LogP contribution in [0.1, 0.15) is 0 Å². The molecule has 128 valence electrons. The van der Waals surface area contributed by atoms with Crippen LogP contribution in [0.3, 0.4) is 0 Å². The summed E-state index contributed by atoms with van der Waals surface area (Å²) in [5.74, 6) is -20.5. The average molecular weight is 568 g/mol. The Bertz CT molecular complexity index is 369. The normalized spacial score (nSPS) is 18.6. The van der Waals surface area contributed by atoms with Crippen molar-refractivity contribution in [2.45, 2.75) is 38.0 Å². The van der Waals surface area contributed by atoms with Crippen LogP contribution in [0.4, 0.5) is 52.7 Å². The van der Waals surface area contributed by atoms with Crippen molar-refractivity contribution in [2.24, 2.45) is 0 Å². The molecular formula is C7H2F12I2. The first kappa shape index (κ1) is 21.6. The number of hydrogen-bond donors (Lipinski definition) is 0. The van der Waals surface area contributed by atoms with E-state index >= 15 is 0 Å². The van der Waals surface area contributed by atoms with Gasteiger partial charge in [0, 0.05) is 0 Å². The quantitative estimate of drug-likeness (QED) is 0.235. The van der Waals surface area contributed by atoms with Gasteiger partial charge in [-0.2, -0.15) is 52.7 Å². The molecule has 21 heavy (non-hydrogen) atoms. The molecule has 0 aliphatic carbocycles. The summed E-state index contributed by atoms with van der Waals surface area (Å²) in [7, 11) is 0. The first-order valence-corrected chi connectivity index (χ1v) is 6.86. The molecule has 0 heterocycles. The lowest BCUT2D eigenvalue weighted by atomic mass is 9.99. The molecule has 0 fully saturated rings. The largest absolute Gasteiger partial charge is 0.460 e. The van der Waals surface area contributed by atoms with E-state index in [2.05, 4.69) is 0 Å². The van der Waals surface area contributed by atoms with E-state index in [1.54, 1.807) is 0 Å². The molecule has 0 N–H and O–H groups in total. The highest BCUT2D eigenvalue weighted by molar-refractivity contribution is 14.1. The molecule has 14 heteroatoms. The summed E-state index contributed by atoms with van der Waals surface area (Å²) in [6, 6.07) is 0. The van der Waals surface area contributed by atoms with E-state index in [1.807, 2.05) is 0 Å². The molecule has 0 saturated carbocycles. The van der Waals surface area contributed by atoms with E-state index < -0.39 is 38.0 Å². The van der Waals surface area contributed by atoms with Gasteiger partial charge in [-0.25, -0.2) is 0 Å². The first-order valence-electron chi connectivity index (χ1n) is 4.36. The highest BCUT2D eigenvalue weighted by atomic mass is 127. The molecule has 0 aromatic heterocycles. The number of rotatable bonds is 4. The number of halogens is 14. The Kier molecular flexibility index (Phi) is 6.09. The molecule has 0 aliphatic heterocycles. The second kappa shape index (κ2) is 5.92. The molecule has 2 atom stereocenters. The lowest BCUT2D eigenvalue weighted by molar-refractivity contribution is -0.395. The van der Waals surface area contributed by atoms with Crippen LogP contribution in [-0.4, -0.2) is 38.0 Å². The van der Waals surface area contributed by atoms with E-state index in [0.29, 0.717) is 0 Å². The standard InChI is InChI=1S/C7H2F12I2/c8-3(9,1(20)2(21)4(10,11)12)5(13,14)6(15,16)7(17,18)19/h1-2H. The maximum absolute atomic E-state index is 13.2. The van der Waals surface area contributed by atoms with Gasteiger partial charge in [-0.1, -0.05) is 45.2 Å². The molecule has 0 saturated heterocycles. The molecule has 0 aliphatic rings. The Morgan fingerprint density at radius 1 is 0.524 bits per heavy atom. The van der Waals surface area contributed by atoms with Crippen molar-refractivity contribution >= 4 is 45.2 Å². The van der Waals surface area contributed by atoms with Crippen LogP contribution < -0.4 is 0 Å². The van der Waals surface area contributed by atoms with Gasteiger partial charge in [0.2, 0.25) is 0 Å². The minimum Gasteiger partial charge on any atom is -0.198 e. The fourth-order valence-corrected chi connectivity index (χ4v) is 2.16. The Balaban J connectivity index is 5.79. The van der Waals surface area contributed by atoms with Crippen molar-refractivity contribution in [1.29, 1.82) is 0 Å². The van der Waals surface area contributed by atoms with Gasteiger partial charge in [0.25, 0.3) is 0 Å². The van der Waals surface area contributed by atoms with Crippen molar-refractivity contribution in [1.82, 2.24) is 0 Å². The van der Waals surface area contributed by atoms with Crippen LogP contribution >= 0.6 is 45.2 Å². The second-order valence-corrected chi connectivity index (χ2v) is 6.30.